The fourth-order valence-corrected chi connectivity index (χ4v) is 2.25. The SMILES string of the molecule is Clc1cccc(/C=N/Nc2nncc3ccccc23)c1Cl. The van der Waals surface area contributed by atoms with Crippen LogP contribution in [0.15, 0.2) is 53.8 Å². The van der Waals surface area contributed by atoms with E-state index in [1.165, 1.54) is 0 Å². The van der Waals surface area contributed by atoms with Gasteiger partial charge < -0.3 is 0 Å². The summed E-state index contributed by atoms with van der Waals surface area (Å²) < 4.78 is 0. The molecule has 6 heteroatoms. The van der Waals surface area contributed by atoms with Crippen LogP contribution in [-0.2, 0) is 0 Å². The summed E-state index contributed by atoms with van der Waals surface area (Å²) in [4.78, 5) is 0. The molecule has 21 heavy (non-hydrogen) atoms. The van der Waals surface area contributed by atoms with E-state index in [-0.39, 0.29) is 0 Å². The number of anilines is 1. The largest absolute Gasteiger partial charge is 0.259 e. The molecule has 0 unspecified atom stereocenters. The molecule has 0 amide bonds. The summed E-state index contributed by atoms with van der Waals surface area (Å²) in [6.07, 6.45) is 3.30. The number of halogens is 2. The van der Waals surface area contributed by atoms with Crippen molar-refractivity contribution in [3.05, 3.63) is 64.3 Å². The van der Waals surface area contributed by atoms with Gasteiger partial charge in [0.15, 0.2) is 5.82 Å². The zero-order valence-corrected chi connectivity index (χ0v) is 12.3. The monoisotopic (exact) mass is 316 g/mol. The molecule has 2 aromatic carbocycles. The first-order chi connectivity index (χ1) is 10.3. The molecule has 0 spiro atoms. The van der Waals surface area contributed by atoms with Crippen LogP contribution in [0.25, 0.3) is 10.8 Å². The molecule has 0 saturated carbocycles. The fourth-order valence-electron chi connectivity index (χ4n) is 1.89. The minimum atomic E-state index is 0.466. The maximum absolute atomic E-state index is 6.09. The van der Waals surface area contributed by atoms with Gasteiger partial charge in [-0.05, 0) is 6.07 Å². The molecular formula is C15H10Cl2N4. The van der Waals surface area contributed by atoms with Gasteiger partial charge in [0.05, 0.1) is 22.5 Å². The summed E-state index contributed by atoms with van der Waals surface area (Å²) in [5, 5.41) is 15.0. The van der Waals surface area contributed by atoms with Crippen LogP contribution in [0, 0.1) is 0 Å². The van der Waals surface area contributed by atoms with Crippen LogP contribution in [0.1, 0.15) is 5.56 Å². The highest BCUT2D eigenvalue weighted by molar-refractivity contribution is 6.43. The van der Waals surface area contributed by atoms with Crippen molar-refractivity contribution in [3.63, 3.8) is 0 Å². The van der Waals surface area contributed by atoms with Crippen molar-refractivity contribution in [2.45, 2.75) is 0 Å². The molecule has 0 aliphatic carbocycles. The highest BCUT2D eigenvalue weighted by Gasteiger charge is 2.03. The Kier molecular flexibility index (Phi) is 3.99. The van der Waals surface area contributed by atoms with Crippen LogP contribution >= 0.6 is 23.2 Å². The molecule has 0 radical (unpaired) electrons. The molecule has 0 aliphatic rings. The lowest BCUT2D eigenvalue weighted by Gasteiger charge is -2.03. The number of aromatic nitrogens is 2. The van der Waals surface area contributed by atoms with Crippen LogP contribution in [0.5, 0.6) is 0 Å². The molecule has 3 aromatic rings. The number of hydrogen-bond acceptors (Lipinski definition) is 4. The molecule has 0 saturated heterocycles. The van der Waals surface area contributed by atoms with Crippen LogP contribution in [0.3, 0.4) is 0 Å². The van der Waals surface area contributed by atoms with Gasteiger partial charge in [-0.15, -0.1) is 5.10 Å². The third-order valence-corrected chi connectivity index (χ3v) is 3.76. The number of nitrogens with zero attached hydrogens (tertiary/aromatic N) is 3. The summed E-state index contributed by atoms with van der Waals surface area (Å²) in [5.74, 6) is 0.586. The number of hydrazone groups is 1. The van der Waals surface area contributed by atoms with Crippen molar-refractivity contribution in [2.24, 2.45) is 5.10 Å². The third kappa shape index (κ3) is 2.96. The number of nitrogens with one attached hydrogen (secondary N) is 1. The predicted octanol–water partition coefficient (Wildman–Crippen LogP) is 4.38. The van der Waals surface area contributed by atoms with Crippen LogP contribution in [-0.4, -0.2) is 16.4 Å². The summed E-state index contributed by atoms with van der Waals surface area (Å²) >= 11 is 12.0. The van der Waals surface area contributed by atoms with Crippen LogP contribution in [0.2, 0.25) is 10.0 Å². The molecule has 1 aromatic heterocycles. The van der Waals surface area contributed by atoms with Gasteiger partial charge >= 0.3 is 0 Å². The molecule has 104 valence electrons. The molecule has 0 fully saturated rings. The smallest absolute Gasteiger partial charge is 0.176 e. The Labute approximate surface area is 131 Å². The van der Waals surface area contributed by atoms with E-state index in [0.717, 1.165) is 16.3 Å². The summed E-state index contributed by atoms with van der Waals surface area (Å²) in [6, 6.07) is 13.2. The van der Waals surface area contributed by atoms with Crippen molar-refractivity contribution in [1.29, 1.82) is 0 Å². The molecule has 0 bridgehead atoms. The third-order valence-electron chi connectivity index (χ3n) is 2.93. The average Bonchev–Trinajstić information content (AvgIpc) is 2.52. The van der Waals surface area contributed by atoms with Gasteiger partial charge in [0.25, 0.3) is 0 Å². The Morgan fingerprint density at radius 3 is 2.81 bits per heavy atom. The van der Waals surface area contributed by atoms with E-state index >= 15 is 0 Å². The molecular weight excluding hydrogens is 307 g/mol. The average molecular weight is 317 g/mol. The van der Waals surface area contributed by atoms with Gasteiger partial charge in [0, 0.05) is 16.3 Å². The molecule has 4 nitrogen and oxygen atoms in total. The lowest BCUT2D eigenvalue weighted by atomic mass is 10.2. The van der Waals surface area contributed by atoms with Crippen molar-refractivity contribution >= 4 is 46.0 Å². The van der Waals surface area contributed by atoms with E-state index in [1.807, 2.05) is 36.4 Å². The molecule has 3 rings (SSSR count). The summed E-state index contributed by atoms with van der Waals surface area (Å²) in [6.45, 7) is 0. The highest BCUT2D eigenvalue weighted by atomic mass is 35.5. The van der Waals surface area contributed by atoms with Crippen LogP contribution < -0.4 is 5.43 Å². The first-order valence-corrected chi connectivity index (χ1v) is 6.95. The quantitative estimate of drug-likeness (QED) is 0.576. The lowest BCUT2D eigenvalue weighted by molar-refractivity contribution is 1.04. The maximum Gasteiger partial charge on any atom is 0.176 e. The Bertz CT molecular complexity index is 812. The van der Waals surface area contributed by atoms with Crippen molar-refractivity contribution in [2.75, 3.05) is 5.43 Å². The van der Waals surface area contributed by atoms with Crippen molar-refractivity contribution in [1.82, 2.24) is 10.2 Å². The standard InChI is InChI=1S/C15H10Cl2N4/c16-13-7-3-5-11(14(13)17)9-19-21-15-12-6-2-1-4-10(12)8-18-20-15/h1-9H,(H,20,21)/b19-9+. The zero-order valence-electron chi connectivity index (χ0n) is 10.8. The zero-order chi connectivity index (χ0) is 14.7. The first-order valence-electron chi connectivity index (χ1n) is 6.19. The minimum absolute atomic E-state index is 0.466. The van der Waals surface area contributed by atoms with E-state index in [2.05, 4.69) is 20.7 Å². The van der Waals surface area contributed by atoms with Gasteiger partial charge in [-0.1, -0.05) is 59.6 Å². The van der Waals surface area contributed by atoms with Gasteiger partial charge in [-0.2, -0.15) is 10.2 Å². The lowest BCUT2D eigenvalue weighted by Crippen LogP contribution is -1.96. The van der Waals surface area contributed by atoms with Crippen molar-refractivity contribution in [3.8, 4) is 0 Å². The second kappa shape index (κ2) is 6.08. The topological polar surface area (TPSA) is 50.2 Å². The van der Waals surface area contributed by atoms with Gasteiger partial charge in [-0.25, -0.2) is 0 Å². The maximum atomic E-state index is 6.09. The van der Waals surface area contributed by atoms with Gasteiger partial charge in [0.2, 0.25) is 0 Å². The van der Waals surface area contributed by atoms with E-state index < -0.39 is 0 Å². The predicted molar refractivity (Wildman–Crippen MR) is 87.2 cm³/mol. The fraction of sp³-hybridized carbons (Fsp3) is 0. The Balaban J connectivity index is 1.86. The number of fused-ring (bicyclic) bond motifs is 1. The first kappa shape index (κ1) is 13.8. The van der Waals surface area contributed by atoms with Crippen molar-refractivity contribution < 1.29 is 0 Å². The number of benzene rings is 2. The van der Waals surface area contributed by atoms with E-state index in [4.69, 9.17) is 23.2 Å². The van der Waals surface area contributed by atoms with E-state index in [0.29, 0.717) is 15.9 Å². The van der Waals surface area contributed by atoms with Gasteiger partial charge in [0.1, 0.15) is 0 Å². The Hall–Kier alpha value is -2.17. The van der Waals surface area contributed by atoms with E-state index in [9.17, 15) is 0 Å². The second-order valence-corrected chi connectivity index (χ2v) is 5.08. The highest BCUT2D eigenvalue weighted by Crippen LogP contribution is 2.24. The van der Waals surface area contributed by atoms with E-state index in [1.54, 1.807) is 18.5 Å². The normalized spacial score (nSPS) is 11.1. The van der Waals surface area contributed by atoms with Crippen LogP contribution in [0.4, 0.5) is 5.82 Å². The molecule has 1 N–H and O–H groups in total. The number of rotatable bonds is 3. The Morgan fingerprint density at radius 2 is 1.90 bits per heavy atom. The van der Waals surface area contributed by atoms with Gasteiger partial charge in [-0.3, -0.25) is 5.43 Å². The summed E-state index contributed by atoms with van der Waals surface area (Å²) in [5.41, 5.74) is 3.60. The molecule has 0 atom stereocenters. The molecule has 1 heterocycles. The minimum Gasteiger partial charge on any atom is -0.259 e. The summed E-state index contributed by atoms with van der Waals surface area (Å²) in [7, 11) is 0. The Morgan fingerprint density at radius 1 is 1.05 bits per heavy atom. The second-order valence-electron chi connectivity index (χ2n) is 4.29. The number of hydrogen-bond donors (Lipinski definition) is 1. The molecule has 0 aliphatic heterocycles.